The number of nitrogens with zero attached hydrogens (tertiary/aromatic N) is 2. The van der Waals surface area contributed by atoms with Crippen molar-refractivity contribution in [1.82, 2.24) is 15.5 Å². The van der Waals surface area contributed by atoms with Gasteiger partial charge in [-0.1, -0.05) is 18.0 Å². The Morgan fingerprint density at radius 2 is 2.16 bits per heavy atom. The molecule has 1 saturated carbocycles. The lowest BCUT2D eigenvalue weighted by Crippen LogP contribution is -2.34. The first-order valence-corrected chi connectivity index (χ1v) is 9.29. The normalized spacial score (nSPS) is 32.4. The Kier molecular flexibility index (Phi) is 4.71. The van der Waals surface area contributed by atoms with Crippen LogP contribution < -0.4 is 5.32 Å². The monoisotopic (exact) mass is 299 g/mol. The fourth-order valence-electron chi connectivity index (χ4n) is 2.94. The fraction of sp³-hybridized carbons (Fsp3) is 0.846. The molecule has 1 aromatic heterocycles. The van der Waals surface area contributed by atoms with Crippen molar-refractivity contribution < 1.29 is 4.52 Å². The van der Waals surface area contributed by atoms with Crippen LogP contribution in [0.1, 0.15) is 48.6 Å². The van der Waals surface area contributed by atoms with Crippen LogP contribution in [0.15, 0.2) is 4.52 Å². The summed E-state index contributed by atoms with van der Waals surface area (Å²) in [6.45, 7) is 0. The lowest BCUT2D eigenvalue weighted by atomic mass is 9.84. The van der Waals surface area contributed by atoms with Gasteiger partial charge in [-0.05, 0) is 19.9 Å². The molecule has 1 aromatic rings. The first-order valence-electron chi connectivity index (χ1n) is 7.08. The Balaban J connectivity index is 1.72. The van der Waals surface area contributed by atoms with E-state index in [0.717, 1.165) is 17.5 Å². The van der Waals surface area contributed by atoms with Crippen molar-refractivity contribution in [3.63, 3.8) is 0 Å². The quantitative estimate of drug-likeness (QED) is 0.926. The SMILES string of the molecule is CNC1CCCCC1c1nc(C2CSCCS2)no1. The molecule has 2 heterocycles. The fourth-order valence-corrected chi connectivity index (χ4v) is 5.53. The minimum absolute atomic E-state index is 0.404. The summed E-state index contributed by atoms with van der Waals surface area (Å²) in [5.41, 5.74) is 0. The van der Waals surface area contributed by atoms with Crippen LogP contribution in [0, 0.1) is 0 Å². The third-order valence-electron chi connectivity index (χ3n) is 4.02. The predicted molar refractivity (Wildman–Crippen MR) is 80.9 cm³/mol. The van der Waals surface area contributed by atoms with Crippen molar-refractivity contribution in [2.45, 2.75) is 42.9 Å². The van der Waals surface area contributed by atoms with Crippen molar-refractivity contribution in [2.24, 2.45) is 0 Å². The van der Waals surface area contributed by atoms with Crippen molar-refractivity contribution in [3.8, 4) is 0 Å². The van der Waals surface area contributed by atoms with Crippen molar-refractivity contribution in [1.29, 1.82) is 0 Å². The summed E-state index contributed by atoms with van der Waals surface area (Å²) in [4.78, 5) is 4.70. The highest BCUT2D eigenvalue weighted by molar-refractivity contribution is 8.06. The van der Waals surface area contributed by atoms with Gasteiger partial charge in [0.2, 0.25) is 5.89 Å². The maximum Gasteiger partial charge on any atom is 0.231 e. The Labute approximate surface area is 122 Å². The summed E-state index contributed by atoms with van der Waals surface area (Å²) in [7, 11) is 2.04. The van der Waals surface area contributed by atoms with E-state index in [2.05, 4.69) is 10.5 Å². The molecule has 4 nitrogen and oxygen atoms in total. The molecular formula is C13H21N3OS2. The molecule has 106 valence electrons. The Hall–Kier alpha value is -0.200. The number of hydrogen-bond acceptors (Lipinski definition) is 6. The summed E-state index contributed by atoms with van der Waals surface area (Å²) in [6.07, 6.45) is 4.96. The van der Waals surface area contributed by atoms with Crippen molar-refractivity contribution in [2.75, 3.05) is 24.3 Å². The summed E-state index contributed by atoms with van der Waals surface area (Å²) in [5, 5.41) is 8.06. The van der Waals surface area contributed by atoms with Crippen molar-refractivity contribution in [3.05, 3.63) is 11.7 Å². The molecule has 1 aliphatic heterocycles. The zero-order valence-corrected chi connectivity index (χ0v) is 12.9. The van der Waals surface area contributed by atoms with E-state index in [1.807, 2.05) is 30.6 Å². The molecule has 19 heavy (non-hydrogen) atoms. The molecule has 2 fully saturated rings. The second-order valence-corrected chi connectivity index (χ2v) is 7.67. The van der Waals surface area contributed by atoms with E-state index in [4.69, 9.17) is 9.51 Å². The van der Waals surface area contributed by atoms with Gasteiger partial charge in [-0.15, -0.1) is 11.8 Å². The summed E-state index contributed by atoms with van der Waals surface area (Å²) < 4.78 is 5.57. The van der Waals surface area contributed by atoms with Crippen LogP contribution in [0.2, 0.25) is 0 Å². The minimum atomic E-state index is 0.404. The molecule has 0 aromatic carbocycles. The lowest BCUT2D eigenvalue weighted by molar-refractivity contribution is 0.269. The number of aromatic nitrogens is 2. The number of hydrogen-bond donors (Lipinski definition) is 1. The summed E-state index contributed by atoms with van der Waals surface area (Å²) in [5.74, 6) is 5.72. The zero-order valence-electron chi connectivity index (χ0n) is 11.3. The van der Waals surface area contributed by atoms with Crippen LogP contribution in [0.5, 0.6) is 0 Å². The van der Waals surface area contributed by atoms with Gasteiger partial charge in [-0.3, -0.25) is 0 Å². The summed E-state index contributed by atoms with van der Waals surface area (Å²) >= 11 is 3.95. The first-order chi connectivity index (χ1) is 9.38. The molecule has 2 aliphatic rings. The van der Waals surface area contributed by atoms with Gasteiger partial charge in [-0.25, -0.2) is 0 Å². The highest BCUT2D eigenvalue weighted by Gasteiger charge is 2.31. The van der Waals surface area contributed by atoms with Crippen LogP contribution in [0.4, 0.5) is 0 Å². The Morgan fingerprint density at radius 3 is 2.95 bits per heavy atom. The Bertz CT molecular complexity index is 406. The second-order valence-electron chi connectivity index (χ2n) is 5.21. The van der Waals surface area contributed by atoms with Gasteiger partial charge in [0.1, 0.15) is 0 Å². The molecular weight excluding hydrogens is 278 g/mol. The lowest BCUT2D eigenvalue weighted by Gasteiger charge is -2.28. The highest BCUT2D eigenvalue weighted by Crippen LogP contribution is 2.37. The Morgan fingerprint density at radius 1 is 1.26 bits per heavy atom. The minimum Gasteiger partial charge on any atom is -0.339 e. The van der Waals surface area contributed by atoms with Gasteiger partial charge in [0, 0.05) is 23.3 Å². The van der Waals surface area contributed by atoms with E-state index in [9.17, 15) is 0 Å². The standard InChI is InChI=1S/C13H21N3OS2/c1-14-10-5-3-2-4-9(10)13-15-12(16-17-13)11-8-18-6-7-19-11/h9-11,14H,2-8H2,1H3. The molecule has 0 radical (unpaired) electrons. The molecule has 3 unspecified atom stereocenters. The molecule has 1 N–H and O–H groups in total. The second kappa shape index (κ2) is 6.50. The van der Waals surface area contributed by atoms with E-state index >= 15 is 0 Å². The van der Waals surface area contributed by atoms with E-state index in [0.29, 0.717) is 17.2 Å². The van der Waals surface area contributed by atoms with Gasteiger partial charge >= 0.3 is 0 Å². The van der Waals surface area contributed by atoms with Gasteiger partial charge in [0.15, 0.2) is 5.82 Å². The molecule has 1 aliphatic carbocycles. The van der Waals surface area contributed by atoms with Crippen LogP contribution >= 0.6 is 23.5 Å². The maximum atomic E-state index is 5.57. The van der Waals surface area contributed by atoms with E-state index in [1.165, 1.54) is 37.2 Å². The maximum absolute atomic E-state index is 5.57. The first kappa shape index (κ1) is 13.8. The average molecular weight is 299 g/mol. The van der Waals surface area contributed by atoms with E-state index < -0.39 is 0 Å². The van der Waals surface area contributed by atoms with Crippen LogP contribution in [0.3, 0.4) is 0 Å². The predicted octanol–water partition coefficient (Wildman–Crippen LogP) is 2.84. The van der Waals surface area contributed by atoms with Gasteiger partial charge in [0.25, 0.3) is 0 Å². The van der Waals surface area contributed by atoms with Gasteiger partial charge in [0.05, 0.1) is 11.2 Å². The van der Waals surface area contributed by atoms with Gasteiger partial charge in [-0.2, -0.15) is 16.7 Å². The third-order valence-corrected chi connectivity index (χ3v) is 6.77. The molecule has 3 atom stereocenters. The highest BCUT2D eigenvalue weighted by atomic mass is 32.2. The molecule has 6 heteroatoms. The van der Waals surface area contributed by atoms with E-state index in [-0.39, 0.29) is 0 Å². The zero-order chi connectivity index (χ0) is 13.1. The average Bonchev–Trinajstić information content (AvgIpc) is 2.98. The topological polar surface area (TPSA) is 51.0 Å². The largest absolute Gasteiger partial charge is 0.339 e. The third kappa shape index (κ3) is 3.11. The van der Waals surface area contributed by atoms with Crippen LogP contribution in [0.25, 0.3) is 0 Å². The molecule has 0 bridgehead atoms. The number of thioether (sulfide) groups is 2. The molecule has 3 rings (SSSR count). The van der Waals surface area contributed by atoms with Crippen molar-refractivity contribution >= 4 is 23.5 Å². The molecule has 0 amide bonds. The number of nitrogens with one attached hydrogen (secondary N) is 1. The summed E-state index contributed by atoms with van der Waals surface area (Å²) in [6, 6.07) is 0.496. The van der Waals surface area contributed by atoms with Crippen LogP contribution in [-0.2, 0) is 0 Å². The van der Waals surface area contributed by atoms with Crippen LogP contribution in [-0.4, -0.2) is 40.5 Å². The number of likely N-dealkylation sites (N-methyl/N-ethyl adjacent to an activating group) is 1. The van der Waals surface area contributed by atoms with E-state index in [1.54, 1.807) is 0 Å². The number of rotatable bonds is 3. The van der Waals surface area contributed by atoms with Gasteiger partial charge < -0.3 is 9.84 Å². The molecule has 0 spiro atoms. The molecule has 1 saturated heterocycles. The smallest absolute Gasteiger partial charge is 0.231 e.